The molecule has 1 heterocycles. The molecule has 0 aliphatic carbocycles. The van der Waals surface area contributed by atoms with Gasteiger partial charge in [-0.1, -0.05) is 26.0 Å². The van der Waals surface area contributed by atoms with E-state index in [-0.39, 0.29) is 6.10 Å². The molecule has 102 valence electrons. The highest BCUT2D eigenvalue weighted by Gasteiger charge is 2.14. The molecular weight excluding hydrogens is 322 g/mol. The molecule has 2 rings (SSSR count). The van der Waals surface area contributed by atoms with Crippen molar-refractivity contribution >= 4 is 27.3 Å². The Morgan fingerprint density at radius 3 is 2.68 bits per heavy atom. The smallest absolute Gasteiger partial charge is 0.145 e. The predicted molar refractivity (Wildman–Crippen MR) is 85.0 cm³/mol. The summed E-state index contributed by atoms with van der Waals surface area (Å²) in [5.74, 6) is 1.38. The maximum absolute atomic E-state index is 6.02. The molecule has 1 aromatic heterocycles. The second-order valence-electron chi connectivity index (χ2n) is 4.74. The van der Waals surface area contributed by atoms with Crippen LogP contribution in [-0.2, 0) is 0 Å². The summed E-state index contributed by atoms with van der Waals surface area (Å²) in [5, 5.41) is 2.05. The van der Waals surface area contributed by atoms with Gasteiger partial charge in [-0.3, -0.25) is 0 Å². The lowest BCUT2D eigenvalue weighted by Crippen LogP contribution is -2.17. The van der Waals surface area contributed by atoms with Gasteiger partial charge in [-0.15, -0.1) is 11.3 Å². The summed E-state index contributed by atoms with van der Waals surface area (Å²) >= 11 is 5.12. The zero-order valence-electron chi connectivity index (χ0n) is 11.1. The topological polar surface area (TPSA) is 35.2 Å². The average Bonchev–Trinajstić information content (AvgIpc) is 2.83. The van der Waals surface area contributed by atoms with Gasteiger partial charge in [0, 0.05) is 21.3 Å². The van der Waals surface area contributed by atoms with Crippen LogP contribution < -0.4 is 10.5 Å². The van der Waals surface area contributed by atoms with Gasteiger partial charge in [0.1, 0.15) is 11.9 Å². The fourth-order valence-electron chi connectivity index (χ4n) is 1.83. The molecule has 0 saturated carbocycles. The molecule has 0 amide bonds. The second-order valence-corrected chi connectivity index (χ2v) is 6.60. The summed E-state index contributed by atoms with van der Waals surface area (Å²) in [5.41, 5.74) is 7.10. The van der Waals surface area contributed by atoms with Crippen LogP contribution in [0.2, 0.25) is 0 Å². The van der Waals surface area contributed by atoms with Crippen LogP contribution >= 0.6 is 27.3 Å². The molecule has 1 unspecified atom stereocenters. The van der Waals surface area contributed by atoms with Crippen molar-refractivity contribution in [2.45, 2.75) is 25.9 Å². The minimum Gasteiger partial charge on any atom is -0.484 e. The van der Waals surface area contributed by atoms with Gasteiger partial charge in [-0.25, -0.2) is 0 Å². The van der Waals surface area contributed by atoms with Crippen molar-refractivity contribution in [2.24, 2.45) is 5.73 Å². The lowest BCUT2D eigenvalue weighted by molar-refractivity contribution is 0.218. The largest absolute Gasteiger partial charge is 0.484 e. The summed E-state index contributed by atoms with van der Waals surface area (Å²) < 4.78 is 7.09. The Balaban J connectivity index is 2.16. The highest BCUT2D eigenvalue weighted by Crippen LogP contribution is 2.30. The molecule has 0 radical (unpaired) electrons. The summed E-state index contributed by atoms with van der Waals surface area (Å²) in [6.45, 7) is 4.82. The molecule has 2 N–H and O–H groups in total. The van der Waals surface area contributed by atoms with Crippen LogP contribution in [0.5, 0.6) is 5.75 Å². The van der Waals surface area contributed by atoms with E-state index in [1.807, 2.05) is 17.5 Å². The van der Waals surface area contributed by atoms with Gasteiger partial charge in [-0.05, 0) is 45.6 Å². The van der Waals surface area contributed by atoms with Crippen molar-refractivity contribution in [1.82, 2.24) is 0 Å². The van der Waals surface area contributed by atoms with E-state index in [4.69, 9.17) is 10.5 Å². The van der Waals surface area contributed by atoms with Gasteiger partial charge >= 0.3 is 0 Å². The Bertz CT molecular complexity index is 538. The second kappa shape index (κ2) is 6.55. The molecule has 0 aliphatic heterocycles. The van der Waals surface area contributed by atoms with Gasteiger partial charge in [0.25, 0.3) is 0 Å². The Morgan fingerprint density at radius 2 is 2.11 bits per heavy atom. The van der Waals surface area contributed by atoms with E-state index in [0.29, 0.717) is 12.5 Å². The van der Waals surface area contributed by atoms with Crippen LogP contribution in [0, 0.1) is 0 Å². The van der Waals surface area contributed by atoms with E-state index in [9.17, 15) is 0 Å². The minimum atomic E-state index is -0.0845. The lowest BCUT2D eigenvalue weighted by Gasteiger charge is -2.17. The number of nitrogens with two attached hydrogens (primary N) is 1. The third kappa shape index (κ3) is 3.81. The molecule has 0 bridgehead atoms. The number of hydrogen-bond donors (Lipinski definition) is 1. The molecule has 2 aromatic rings. The Morgan fingerprint density at radius 1 is 1.32 bits per heavy atom. The van der Waals surface area contributed by atoms with Crippen LogP contribution in [0.4, 0.5) is 0 Å². The molecule has 19 heavy (non-hydrogen) atoms. The van der Waals surface area contributed by atoms with Crippen molar-refractivity contribution in [3.05, 3.63) is 50.6 Å². The summed E-state index contributed by atoms with van der Waals surface area (Å²) in [4.78, 5) is 1.14. The lowest BCUT2D eigenvalue weighted by atomic mass is 10.0. The zero-order valence-corrected chi connectivity index (χ0v) is 13.5. The third-order valence-corrected chi connectivity index (χ3v) is 4.71. The van der Waals surface area contributed by atoms with Gasteiger partial charge in [0.2, 0.25) is 0 Å². The zero-order chi connectivity index (χ0) is 13.8. The summed E-state index contributed by atoms with van der Waals surface area (Å²) in [7, 11) is 0. The molecule has 1 aromatic carbocycles. The van der Waals surface area contributed by atoms with Crippen molar-refractivity contribution < 1.29 is 4.74 Å². The van der Waals surface area contributed by atoms with Gasteiger partial charge in [0.05, 0.1) is 0 Å². The van der Waals surface area contributed by atoms with E-state index in [0.717, 1.165) is 15.1 Å². The first-order chi connectivity index (χ1) is 9.10. The summed E-state index contributed by atoms with van der Waals surface area (Å²) in [6.07, 6.45) is -0.0845. The van der Waals surface area contributed by atoms with E-state index in [1.54, 1.807) is 11.3 Å². The molecule has 1 atom stereocenters. The first kappa shape index (κ1) is 14.6. The number of hydrogen-bond acceptors (Lipinski definition) is 3. The quantitative estimate of drug-likeness (QED) is 0.855. The monoisotopic (exact) mass is 339 g/mol. The van der Waals surface area contributed by atoms with E-state index < -0.39 is 0 Å². The third-order valence-electron chi connectivity index (χ3n) is 2.92. The van der Waals surface area contributed by atoms with Crippen molar-refractivity contribution in [2.75, 3.05) is 6.54 Å². The number of benzene rings is 1. The van der Waals surface area contributed by atoms with Crippen LogP contribution in [0.1, 0.15) is 36.3 Å². The number of thiophene rings is 1. The maximum atomic E-state index is 6.02. The number of rotatable bonds is 5. The molecule has 2 nitrogen and oxygen atoms in total. The molecule has 0 spiro atoms. The highest BCUT2D eigenvalue weighted by atomic mass is 79.9. The average molecular weight is 340 g/mol. The van der Waals surface area contributed by atoms with Crippen molar-refractivity contribution in [3.8, 4) is 5.75 Å². The standard InChI is InChI=1S/C15H18BrNOS/c1-10(2)11-4-3-5-13(6-11)18-14(8-17)15-7-12(16)9-19-15/h3-7,9-10,14H,8,17H2,1-2H3. The van der Waals surface area contributed by atoms with Crippen LogP contribution in [0.15, 0.2) is 40.2 Å². The SMILES string of the molecule is CC(C)c1cccc(OC(CN)c2cc(Br)cs2)c1. The maximum Gasteiger partial charge on any atom is 0.145 e. The number of ether oxygens (including phenoxy) is 1. The summed E-state index contributed by atoms with van der Waals surface area (Å²) in [6, 6.07) is 10.3. The Hall–Kier alpha value is -0.840. The van der Waals surface area contributed by atoms with Gasteiger partial charge in [0.15, 0.2) is 0 Å². The van der Waals surface area contributed by atoms with Gasteiger partial charge < -0.3 is 10.5 Å². The minimum absolute atomic E-state index is 0.0845. The molecular formula is C15H18BrNOS. The fourth-order valence-corrected chi connectivity index (χ4v) is 3.32. The predicted octanol–water partition coefficient (Wildman–Crippen LogP) is 4.71. The Kier molecular flexibility index (Phi) is 5.02. The molecule has 0 aliphatic rings. The fraction of sp³-hybridized carbons (Fsp3) is 0.333. The first-order valence-electron chi connectivity index (χ1n) is 6.30. The van der Waals surface area contributed by atoms with Crippen molar-refractivity contribution in [1.29, 1.82) is 0 Å². The van der Waals surface area contributed by atoms with E-state index >= 15 is 0 Å². The Labute approximate surface area is 126 Å². The molecule has 0 fully saturated rings. The normalized spacial score (nSPS) is 12.7. The van der Waals surface area contributed by atoms with E-state index in [1.165, 1.54) is 5.56 Å². The first-order valence-corrected chi connectivity index (χ1v) is 7.98. The van der Waals surface area contributed by atoms with Gasteiger partial charge in [-0.2, -0.15) is 0 Å². The van der Waals surface area contributed by atoms with Crippen LogP contribution in [0.3, 0.4) is 0 Å². The number of halogens is 1. The molecule has 4 heteroatoms. The molecule has 0 saturated heterocycles. The highest BCUT2D eigenvalue weighted by molar-refractivity contribution is 9.10. The van der Waals surface area contributed by atoms with E-state index in [2.05, 4.69) is 48.0 Å². The van der Waals surface area contributed by atoms with Crippen LogP contribution in [0.25, 0.3) is 0 Å². The van der Waals surface area contributed by atoms with Crippen molar-refractivity contribution in [3.63, 3.8) is 0 Å². The van der Waals surface area contributed by atoms with Crippen LogP contribution in [-0.4, -0.2) is 6.54 Å².